The van der Waals surface area contributed by atoms with Crippen molar-refractivity contribution in [1.82, 2.24) is 19.6 Å². The van der Waals surface area contributed by atoms with E-state index in [0.29, 0.717) is 22.7 Å². The van der Waals surface area contributed by atoms with Gasteiger partial charge in [-0.15, -0.1) is 0 Å². The number of nitrogens with two attached hydrogens (primary N) is 1. The molecule has 2 N–H and O–H groups in total. The minimum atomic E-state index is 0.487. The van der Waals surface area contributed by atoms with Gasteiger partial charge < -0.3 is 5.73 Å². The van der Waals surface area contributed by atoms with E-state index in [4.69, 9.17) is 11.0 Å². The summed E-state index contributed by atoms with van der Waals surface area (Å²) in [6.07, 6.45) is 4.78. The maximum absolute atomic E-state index is 8.85. The first-order valence-corrected chi connectivity index (χ1v) is 5.24. The highest BCUT2D eigenvalue weighted by Crippen LogP contribution is 2.20. The number of rotatable bonds is 1. The number of hydrogen-bond donors (Lipinski definition) is 1. The number of anilines is 1. The Hall–Kier alpha value is -2.94. The van der Waals surface area contributed by atoms with Gasteiger partial charge in [0, 0.05) is 30.1 Å². The lowest BCUT2D eigenvalue weighted by molar-refractivity contribution is 0.953. The van der Waals surface area contributed by atoms with Gasteiger partial charge in [-0.1, -0.05) is 0 Å². The first kappa shape index (κ1) is 10.2. The van der Waals surface area contributed by atoms with E-state index < -0.39 is 0 Å². The number of aromatic nitrogens is 4. The Kier molecular flexibility index (Phi) is 2.17. The summed E-state index contributed by atoms with van der Waals surface area (Å²) in [4.78, 5) is 8.42. The van der Waals surface area contributed by atoms with Gasteiger partial charge in [0.05, 0.1) is 17.5 Å². The van der Waals surface area contributed by atoms with Gasteiger partial charge in [-0.3, -0.25) is 4.98 Å². The zero-order valence-electron chi connectivity index (χ0n) is 9.28. The average molecular weight is 236 g/mol. The van der Waals surface area contributed by atoms with Crippen molar-refractivity contribution < 1.29 is 0 Å². The molecular formula is C12H8N6. The highest BCUT2D eigenvalue weighted by molar-refractivity contribution is 5.65. The molecule has 0 aliphatic rings. The lowest BCUT2D eigenvalue weighted by atomic mass is 10.1. The number of hydrogen-bond acceptors (Lipinski definition) is 5. The van der Waals surface area contributed by atoms with E-state index in [-0.39, 0.29) is 0 Å². The molecule has 6 heteroatoms. The molecule has 0 amide bonds. The van der Waals surface area contributed by atoms with E-state index in [1.54, 1.807) is 35.1 Å². The molecule has 0 aliphatic heterocycles. The largest absolute Gasteiger partial charge is 0.384 e. The van der Waals surface area contributed by atoms with Gasteiger partial charge in [-0.25, -0.2) is 4.98 Å². The van der Waals surface area contributed by atoms with Gasteiger partial charge in [-0.2, -0.15) is 14.9 Å². The predicted octanol–water partition coefficient (Wildman–Crippen LogP) is 1.25. The number of nitrogens with zero attached hydrogens (tertiary/aromatic N) is 5. The van der Waals surface area contributed by atoms with Gasteiger partial charge >= 0.3 is 0 Å². The normalized spacial score (nSPS) is 10.4. The molecule has 86 valence electrons. The second-order valence-corrected chi connectivity index (χ2v) is 3.74. The molecule has 3 heterocycles. The van der Waals surface area contributed by atoms with Crippen LogP contribution in [0, 0.1) is 11.3 Å². The molecule has 0 radical (unpaired) electrons. The molecular weight excluding hydrogens is 228 g/mol. The van der Waals surface area contributed by atoms with Crippen LogP contribution in [0.1, 0.15) is 5.56 Å². The van der Waals surface area contributed by atoms with Crippen molar-refractivity contribution in [3.05, 3.63) is 42.4 Å². The summed E-state index contributed by atoms with van der Waals surface area (Å²) < 4.78 is 1.55. The Bertz CT molecular complexity index is 768. The Balaban J connectivity index is 2.22. The number of nitrogen functional groups attached to an aromatic ring is 1. The van der Waals surface area contributed by atoms with E-state index in [0.717, 1.165) is 5.56 Å². The minimum Gasteiger partial charge on any atom is -0.384 e. The van der Waals surface area contributed by atoms with Gasteiger partial charge in [-0.05, 0) is 6.07 Å². The second kappa shape index (κ2) is 3.82. The fourth-order valence-electron chi connectivity index (χ4n) is 1.73. The average Bonchev–Trinajstić information content (AvgIpc) is 2.87. The topological polar surface area (TPSA) is 92.9 Å². The summed E-state index contributed by atoms with van der Waals surface area (Å²) in [6, 6.07) is 7.24. The SMILES string of the molecule is N#Cc1cncc(-c2cc(N)n3nccc3n2)c1. The van der Waals surface area contributed by atoms with Gasteiger partial charge in [0.15, 0.2) is 5.65 Å². The molecule has 0 bridgehead atoms. The van der Waals surface area contributed by atoms with Crippen LogP contribution < -0.4 is 5.73 Å². The highest BCUT2D eigenvalue weighted by atomic mass is 15.3. The fraction of sp³-hybridized carbons (Fsp3) is 0. The fourth-order valence-corrected chi connectivity index (χ4v) is 1.73. The summed E-state index contributed by atoms with van der Waals surface area (Å²) in [5.41, 5.74) is 8.46. The summed E-state index contributed by atoms with van der Waals surface area (Å²) in [5, 5.41) is 12.9. The molecule has 0 aliphatic carbocycles. The first-order valence-electron chi connectivity index (χ1n) is 5.24. The van der Waals surface area contributed by atoms with Crippen LogP contribution in [0.5, 0.6) is 0 Å². The monoisotopic (exact) mass is 236 g/mol. The van der Waals surface area contributed by atoms with E-state index >= 15 is 0 Å². The van der Waals surface area contributed by atoms with Crippen LogP contribution in [0.2, 0.25) is 0 Å². The molecule has 3 aromatic heterocycles. The lowest BCUT2D eigenvalue weighted by Crippen LogP contribution is -2.01. The van der Waals surface area contributed by atoms with Gasteiger partial charge in [0.25, 0.3) is 0 Å². The Morgan fingerprint density at radius 2 is 2.17 bits per heavy atom. The standard InChI is InChI=1S/C12H8N6/c13-5-8-3-9(7-15-6-8)10-4-11(14)18-12(17-10)1-2-16-18/h1-4,6-7H,14H2. The molecule has 0 unspecified atom stereocenters. The highest BCUT2D eigenvalue weighted by Gasteiger charge is 2.06. The van der Waals surface area contributed by atoms with E-state index in [1.165, 1.54) is 6.20 Å². The van der Waals surface area contributed by atoms with Crippen LogP contribution in [0.25, 0.3) is 16.9 Å². The first-order chi connectivity index (χ1) is 8.78. The Morgan fingerprint density at radius 3 is 3.00 bits per heavy atom. The maximum Gasteiger partial charge on any atom is 0.157 e. The van der Waals surface area contributed by atoms with Crippen LogP contribution in [0.15, 0.2) is 36.8 Å². The second-order valence-electron chi connectivity index (χ2n) is 3.74. The third kappa shape index (κ3) is 1.55. The molecule has 3 rings (SSSR count). The number of pyridine rings is 1. The molecule has 18 heavy (non-hydrogen) atoms. The van der Waals surface area contributed by atoms with Crippen LogP contribution in [-0.2, 0) is 0 Å². The van der Waals surface area contributed by atoms with E-state index in [9.17, 15) is 0 Å². The summed E-state index contributed by atoms with van der Waals surface area (Å²) in [7, 11) is 0. The van der Waals surface area contributed by atoms with Crippen molar-refractivity contribution in [2.45, 2.75) is 0 Å². The number of nitriles is 1. The van der Waals surface area contributed by atoms with Crippen molar-refractivity contribution >= 4 is 11.5 Å². The van der Waals surface area contributed by atoms with Gasteiger partial charge in [0.2, 0.25) is 0 Å². The van der Waals surface area contributed by atoms with E-state index in [1.807, 2.05) is 6.07 Å². The maximum atomic E-state index is 8.85. The van der Waals surface area contributed by atoms with Crippen molar-refractivity contribution in [3.63, 3.8) is 0 Å². The Labute approximate surface area is 102 Å². The third-order valence-corrected chi connectivity index (χ3v) is 2.55. The Morgan fingerprint density at radius 1 is 1.28 bits per heavy atom. The van der Waals surface area contributed by atoms with Crippen LogP contribution in [0.3, 0.4) is 0 Å². The molecule has 0 saturated carbocycles. The smallest absolute Gasteiger partial charge is 0.157 e. The van der Waals surface area contributed by atoms with Crippen molar-refractivity contribution in [1.29, 1.82) is 5.26 Å². The molecule has 3 aromatic rings. The number of fused-ring (bicyclic) bond motifs is 1. The van der Waals surface area contributed by atoms with Crippen molar-refractivity contribution in [3.8, 4) is 17.3 Å². The minimum absolute atomic E-state index is 0.487. The van der Waals surface area contributed by atoms with Crippen LogP contribution >= 0.6 is 0 Å². The summed E-state index contributed by atoms with van der Waals surface area (Å²) in [6.45, 7) is 0. The zero-order valence-corrected chi connectivity index (χ0v) is 9.28. The van der Waals surface area contributed by atoms with Crippen molar-refractivity contribution in [2.75, 3.05) is 5.73 Å². The molecule has 0 atom stereocenters. The van der Waals surface area contributed by atoms with Crippen LogP contribution in [0.4, 0.5) is 5.82 Å². The summed E-state index contributed by atoms with van der Waals surface area (Å²) in [5.74, 6) is 0.488. The van der Waals surface area contributed by atoms with Gasteiger partial charge in [0.1, 0.15) is 11.9 Å². The molecule has 6 nitrogen and oxygen atoms in total. The quantitative estimate of drug-likeness (QED) is 0.686. The molecule has 0 saturated heterocycles. The third-order valence-electron chi connectivity index (χ3n) is 2.55. The van der Waals surface area contributed by atoms with Crippen LogP contribution in [-0.4, -0.2) is 19.6 Å². The predicted molar refractivity (Wildman–Crippen MR) is 65.3 cm³/mol. The van der Waals surface area contributed by atoms with Crippen molar-refractivity contribution in [2.24, 2.45) is 0 Å². The molecule has 0 spiro atoms. The van der Waals surface area contributed by atoms with E-state index in [2.05, 4.69) is 15.1 Å². The molecule has 0 aromatic carbocycles. The molecule has 0 fully saturated rings. The zero-order chi connectivity index (χ0) is 12.5. The summed E-state index contributed by atoms with van der Waals surface area (Å²) >= 11 is 0. The lowest BCUT2D eigenvalue weighted by Gasteiger charge is -2.04.